The van der Waals surface area contributed by atoms with Gasteiger partial charge in [0.15, 0.2) is 5.78 Å². The number of likely N-dealkylation sites (tertiary alicyclic amines) is 1. The summed E-state index contributed by atoms with van der Waals surface area (Å²) >= 11 is 5.63. The number of nitrogens with one attached hydrogen (secondary N) is 3. The van der Waals surface area contributed by atoms with Crippen LogP contribution in [0.25, 0.3) is 10.8 Å². The first-order valence-electron chi connectivity index (χ1n) is 15.5. The SMILES string of the molecule is NC(=O)[C@@H](CC(=O)[C@H](Cc1ccc2ccccc2c1)NC(=O)[C@@H]1CCCCN1C(=O)[C@H](CCC(=O)O)NC(=O)CCl)Cc1cnc[nH]1. The van der Waals surface area contributed by atoms with Gasteiger partial charge in [0.25, 0.3) is 0 Å². The van der Waals surface area contributed by atoms with Crippen LogP contribution in [0.5, 0.6) is 0 Å². The van der Waals surface area contributed by atoms with E-state index >= 15 is 0 Å². The van der Waals surface area contributed by atoms with Crippen molar-refractivity contribution in [1.82, 2.24) is 25.5 Å². The number of nitrogens with two attached hydrogens (primary N) is 1. The van der Waals surface area contributed by atoms with Crippen LogP contribution in [0.3, 0.4) is 0 Å². The number of carboxylic acids is 1. The molecule has 3 aromatic rings. The van der Waals surface area contributed by atoms with Crippen LogP contribution in [-0.4, -0.2) is 85.9 Å². The van der Waals surface area contributed by atoms with Crippen molar-refractivity contribution in [3.63, 3.8) is 0 Å². The highest BCUT2D eigenvalue weighted by Crippen LogP contribution is 2.22. The van der Waals surface area contributed by atoms with Crippen molar-refractivity contribution in [2.24, 2.45) is 11.7 Å². The molecule has 0 saturated carbocycles. The van der Waals surface area contributed by atoms with Crippen molar-refractivity contribution < 1.29 is 33.9 Å². The van der Waals surface area contributed by atoms with Gasteiger partial charge in [-0.1, -0.05) is 42.5 Å². The molecule has 6 N–H and O–H groups in total. The number of imidazole rings is 1. The summed E-state index contributed by atoms with van der Waals surface area (Å²) in [5.74, 6) is -5.31. The zero-order chi connectivity index (χ0) is 33.9. The van der Waals surface area contributed by atoms with Crippen molar-refractivity contribution in [2.75, 3.05) is 12.4 Å². The molecular weight excluding hydrogens is 628 g/mol. The molecule has 2 heterocycles. The summed E-state index contributed by atoms with van der Waals surface area (Å²) in [6, 6.07) is 10.2. The third-order valence-corrected chi connectivity index (χ3v) is 8.56. The van der Waals surface area contributed by atoms with Crippen molar-refractivity contribution in [1.29, 1.82) is 0 Å². The molecule has 1 saturated heterocycles. The lowest BCUT2D eigenvalue weighted by atomic mass is 9.90. The number of piperidine rings is 1. The molecule has 47 heavy (non-hydrogen) atoms. The van der Waals surface area contributed by atoms with Gasteiger partial charge in [-0.05, 0) is 48.4 Å². The zero-order valence-electron chi connectivity index (χ0n) is 25.8. The number of benzene rings is 2. The minimum Gasteiger partial charge on any atom is -0.481 e. The Morgan fingerprint density at radius 2 is 1.79 bits per heavy atom. The summed E-state index contributed by atoms with van der Waals surface area (Å²) in [5.41, 5.74) is 7.08. The van der Waals surface area contributed by atoms with Crippen LogP contribution in [0.1, 0.15) is 49.8 Å². The van der Waals surface area contributed by atoms with Gasteiger partial charge in [0, 0.05) is 37.7 Å². The quantitative estimate of drug-likeness (QED) is 0.142. The number of fused-ring (bicyclic) bond motifs is 1. The Morgan fingerprint density at radius 1 is 1.02 bits per heavy atom. The molecule has 0 spiro atoms. The predicted molar refractivity (Wildman–Crippen MR) is 173 cm³/mol. The maximum Gasteiger partial charge on any atom is 0.303 e. The van der Waals surface area contributed by atoms with Crippen molar-refractivity contribution in [3.05, 3.63) is 66.2 Å². The lowest BCUT2D eigenvalue weighted by molar-refractivity contribution is -0.146. The van der Waals surface area contributed by atoms with Gasteiger partial charge in [0.05, 0.1) is 18.3 Å². The van der Waals surface area contributed by atoms with Crippen LogP contribution in [0.15, 0.2) is 55.0 Å². The predicted octanol–water partition coefficient (Wildman–Crippen LogP) is 1.86. The van der Waals surface area contributed by atoms with E-state index < -0.39 is 65.3 Å². The molecule has 0 aliphatic carbocycles. The molecule has 4 rings (SSSR count). The van der Waals surface area contributed by atoms with Crippen molar-refractivity contribution in [3.8, 4) is 0 Å². The van der Waals surface area contributed by atoms with Gasteiger partial charge in [-0.15, -0.1) is 11.6 Å². The molecule has 13 nitrogen and oxygen atoms in total. The van der Waals surface area contributed by atoms with Crippen molar-refractivity contribution >= 4 is 57.8 Å². The number of carboxylic acid groups (broad SMARTS) is 1. The number of primary amides is 1. The van der Waals surface area contributed by atoms with Crippen LogP contribution in [0.4, 0.5) is 0 Å². The van der Waals surface area contributed by atoms with Gasteiger partial charge in [-0.2, -0.15) is 0 Å². The maximum atomic E-state index is 13.9. The first-order chi connectivity index (χ1) is 22.5. The van der Waals surface area contributed by atoms with Gasteiger partial charge < -0.3 is 31.4 Å². The van der Waals surface area contributed by atoms with Crippen LogP contribution in [0, 0.1) is 5.92 Å². The number of hydrogen-bond acceptors (Lipinski definition) is 7. The number of H-pyrrole nitrogens is 1. The number of aromatic amines is 1. The number of nitrogens with zero attached hydrogens (tertiary/aromatic N) is 2. The Labute approximate surface area is 276 Å². The number of Topliss-reactive ketones (excluding diaryl/α,β-unsaturated/α-hetero) is 1. The van der Waals surface area contributed by atoms with Gasteiger partial charge in [0.1, 0.15) is 18.0 Å². The number of ketones is 1. The number of aliphatic carboxylic acids is 1. The van der Waals surface area contributed by atoms with E-state index in [1.807, 2.05) is 42.5 Å². The summed E-state index contributed by atoms with van der Waals surface area (Å²) in [6.07, 6.45) is 4.01. The topological polar surface area (TPSA) is 205 Å². The third kappa shape index (κ3) is 9.85. The Kier molecular flexibility index (Phi) is 12.5. The highest BCUT2D eigenvalue weighted by molar-refractivity contribution is 6.27. The minimum absolute atomic E-state index is 0.124. The van der Waals surface area contributed by atoms with E-state index in [0.717, 1.165) is 16.3 Å². The fraction of sp³-hybridized carbons (Fsp3) is 0.424. The minimum atomic E-state index is -1.19. The number of amides is 4. The lowest BCUT2D eigenvalue weighted by Crippen LogP contribution is -2.59. The first kappa shape index (κ1) is 35.1. The molecule has 1 aliphatic rings. The monoisotopic (exact) mass is 666 g/mol. The molecule has 1 fully saturated rings. The average molecular weight is 667 g/mol. The summed E-state index contributed by atoms with van der Waals surface area (Å²) < 4.78 is 0. The molecule has 1 aromatic heterocycles. The maximum absolute atomic E-state index is 13.9. The highest BCUT2D eigenvalue weighted by atomic mass is 35.5. The smallest absolute Gasteiger partial charge is 0.303 e. The molecule has 250 valence electrons. The Bertz CT molecular complexity index is 1600. The molecule has 14 heteroatoms. The van der Waals surface area contributed by atoms with Crippen LogP contribution < -0.4 is 16.4 Å². The van der Waals surface area contributed by atoms with Crippen LogP contribution in [0.2, 0.25) is 0 Å². The van der Waals surface area contributed by atoms with Gasteiger partial charge in [-0.25, -0.2) is 4.98 Å². The standard InChI is InChI=1S/C33H39ClN6O7/c34-17-29(42)38-25(10-11-30(43)44)33(47)40-12-4-3-7-27(40)32(46)39-26(14-20-8-9-21-5-1-2-6-22(21)13-20)28(41)16-23(31(35)45)15-24-18-36-19-37-24/h1-2,5-6,8-9,13,18-19,23,25-27H,3-4,7,10-12,14-17H2,(H2,35,45)(H,36,37)(H,38,42)(H,39,46)(H,43,44)/t23-,25+,26+,27+/m1/s1. The first-order valence-corrected chi connectivity index (χ1v) is 16.0. The molecule has 0 radical (unpaired) electrons. The number of alkyl halides is 1. The highest BCUT2D eigenvalue weighted by Gasteiger charge is 2.38. The number of hydrogen-bond donors (Lipinski definition) is 5. The van der Waals surface area contributed by atoms with Crippen LogP contribution >= 0.6 is 11.6 Å². The van der Waals surface area contributed by atoms with E-state index in [9.17, 15) is 33.9 Å². The molecule has 4 atom stereocenters. The van der Waals surface area contributed by atoms with Gasteiger partial charge >= 0.3 is 5.97 Å². The van der Waals surface area contributed by atoms with E-state index in [4.69, 9.17) is 17.3 Å². The van der Waals surface area contributed by atoms with E-state index in [1.165, 1.54) is 11.2 Å². The average Bonchev–Trinajstić information content (AvgIpc) is 3.58. The Balaban J connectivity index is 1.58. The Morgan fingerprint density at radius 3 is 2.47 bits per heavy atom. The number of aromatic nitrogens is 2. The lowest BCUT2D eigenvalue weighted by Gasteiger charge is -2.37. The van der Waals surface area contributed by atoms with E-state index in [-0.39, 0.29) is 38.6 Å². The zero-order valence-corrected chi connectivity index (χ0v) is 26.6. The molecule has 1 aliphatic heterocycles. The normalized spacial score (nSPS) is 16.5. The molecular formula is C33H39ClN6O7. The summed E-state index contributed by atoms with van der Waals surface area (Å²) in [6.45, 7) is 0.203. The second-order valence-electron chi connectivity index (χ2n) is 11.7. The second kappa shape index (κ2) is 16.7. The van der Waals surface area contributed by atoms with E-state index in [0.29, 0.717) is 25.0 Å². The fourth-order valence-electron chi connectivity index (χ4n) is 5.86. The van der Waals surface area contributed by atoms with E-state index in [1.54, 1.807) is 6.20 Å². The number of carbonyl (C=O) groups excluding carboxylic acids is 5. The van der Waals surface area contributed by atoms with Crippen LogP contribution in [-0.2, 0) is 41.6 Å². The second-order valence-corrected chi connectivity index (χ2v) is 12.0. The van der Waals surface area contributed by atoms with E-state index in [2.05, 4.69) is 20.6 Å². The number of halogens is 1. The molecule has 2 aromatic carbocycles. The fourth-order valence-corrected chi connectivity index (χ4v) is 5.94. The summed E-state index contributed by atoms with van der Waals surface area (Å²) in [7, 11) is 0. The molecule has 4 amide bonds. The molecule has 0 unspecified atom stereocenters. The largest absolute Gasteiger partial charge is 0.481 e. The molecule has 0 bridgehead atoms. The van der Waals surface area contributed by atoms with Gasteiger partial charge in [-0.3, -0.25) is 28.8 Å². The summed E-state index contributed by atoms with van der Waals surface area (Å²) in [5, 5.41) is 16.5. The Hall–Kier alpha value is -4.78. The summed E-state index contributed by atoms with van der Waals surface area (Å²) in [4.78, 5) is 85.3. The van der Waals surface area contributed by atoms with Gasteiger partial charge in [0.2, 0.25) is 23.6 Å². The third-order valence-electron chi connectivity index (χ3n) is 8.32. The van der Waals surface area contributed by atoms with Crippen molar-refractivity contribution in [2.45, 2.75) is 69.5 Å². The number of carbonyl (C=O) groups is 6. The number of rotatable bonds is 16.